The molecule has 4 aromatic rings. The van der Waals surface area contributed by atoms with E-state index in [2.05, 4.69) is 21.2 Å². The molecular weight excluding hydrogens is 517 g/mol. The van der Waals surface area contributed by atoms with Crippen LogP contribution in [0.25, 0.3) is 5.32 Å². The van der Waals surface area contributed by atoms with Crippen LogP contribution in [0.1, 0.15) is 27.0 Å². The number of nitrogens with two attached hydrogens (primary N) is 1. The molecule has 4 N–H and O–H groups in total. The first-order valence-electron chi connectivity index (χ1n) is 11.4. The summed E-state index contributed by atoms with van der Waals surface area (Å²) in [6.45, 7) is 0.222. The number of carbonyl (C=O) groups is 3. The number of rotatable bonds is 8. The number of carbonyl (C=O) groups excluding carboxylic acids is 3. The maximum Gasteiger partial charge on any atom is 0.416 e. The Hall–Kier alpha value is -5.20. The fourth-order valence-electron chi connectivity index (χ4n) is 3.53. The van der Waals surface area contributed by atoms with Gasteiger partial charge in [0.05, 0.1) is 12.0 Å². The first kappa shape index (κ1) is 26.9. The van der Waals surface area contributed by atoms with Gasteiger partial charge >= 0.3 is 6.18 Å². The summed E-state index contributed by atoms with van der Waals surface area (Å²) in [5, 5.41) is 12.1. The standard InChI is InChI=1S/C26H21F3N6O4/c27-26(28,29)19-11-20(31-22(36)10-16-4-2-1-3-5-16)13-21(12-19)32-25(38)33-23-15-35(34-39-23)14-17-6-8-18(9-7-17)24(30)37/h1-9,11-13,15H,10,14H2,(H4-,30,31,32,33,34,36,37,38). The Bertz CT molecular complexity index is 1490. The molecular formula is C26H21F3N6O4. The Labute approximate surface area is 219 Å². The molecule has 1 aromatic heterocycles. The molecule has 4 amide bonds. The van der Waals surface area contributed by atoms with Gasteiger partial charge in [-0.25, -0.2) is 0 Å². The van der Waals surface area contributed by atoms with Crippen molar-refractivity contribution in [2.75, 3.05) is 10.6 Å². The number of amides is 4. The summed E-state index contributed by atoms with van der Waals surface area (Å²) < 4.78 is 46.7. The summed E-state index contributed by atoms with van der Waals surface area (Å²) in [7, 11) is 0. The zero-order valence-corrected chi connectivity index (χ0v) is 20.1. The van der Waals surface area contributed by atoms with E-state index in [1.54, 1.807) is 54.6 Å². The van der Waals surface area contributed by atoms with E-state index in [9.17, 15) is 27.6 Å². The Morgan fingerprint density at radius 1 is 0.923 bits per heavy atom. The van der Waals surface area contributed by atoms with Gasteiger partial charge < -0.3 is 26.2 Å². The average Bonchev–Trinajstić information content (AvgIpc) is 3.30. The number of aromatic nitrogens is 2. The van der Waals surface area contributed by atoms with Crippen LogP contribution in [-0.2, 0) is 23.9 Å². The highest BCUT2D eigenvalue weighted by atomic mass is 19.4. The summed E-state index contributed by atoms with van der Waals surface area (Å²) in [6.07, 6.45) is -3.47. The third-order valence-corrected chi connectivity index (χ3v) is 5.30. The van der Waals surface area contributed by atoms with Crippen LogP contribution in [0, 0.1) is 0 Å². The van der Waals surface area contributed by atoms with Gasteiger partial charge in [0.15, 0.2) is 11.3 Å². The van der Waals surface area contributed by atoms with Crippen molar-refractivity contribution >= 4 is 35.1 Å². The van der Waals surface area contributed by atoms with Gasteiger partial charge in [0.2, 0.25) is 30.4 Å². The van der Waals surface area contributed by atoms with Crippen molar-refractivity contribution in [3.63, 3.8) is 0 Å². The van der Waals surface area contributed by atoms with Crippen molar-refractivity contribution in [2.45, 2.75) is 19.1 Å². The molecule has 13 heteroatoms. The van der Waals surface area contributed by atoms with E-state index >= 15 is 0 Å². The van der Waals surface area contributed by atoms with Crippen LogP contribution in [-0.4, -0.2) is 23.1 Å². The minimum absolute atomic E-state index is 0.0467. The van der Waals surface area contributed by atoms with E-state index in [0.29, 0.717) is 11.1 Å². The topological polar surface area (TPSA) is 145 Å². The molecule has 0 saturated heterocycles. The molecule has 0 bridgehead atoms. The predicted molar refractivity (Wildman–Crippen MR) is 133 cm³/mol. The molecule has 0 unspecified atom stereocenters. The predicted octanol–water partition coefficient (Wildman–Crippen LogP) is 4.55. The van der Waals surface area contributed by atoms with E-state index < -0.39 is 29.6 Å². The second-order valence-electron chi connectivity index (χ2n) is 8.35. The second-order valence-corrected chi connectivity index (χ2v) is 8.35. The first-order valence-corrected chi connectivity index (χ1v) is 11.4. The SMILES string of the molecule is NC(=O)c1ccc(C[n+]2cc([N-]C(=O)Nc3cc(NC(=O)Cc4ccccc4)cc(C(F)(F)F)c3)on2)cc1. The highest BCUT2D eigenvalue weighted by Crippen LogP contribution is 2.34. The zero-order chi connectivity index (χ0) is 28.0. The van der Waals surface area contributed by atoms with Crippen LogP contribution in [0.15, 0.2) is 83.5 Å². The third-order valence-electron chi connectivity index (χ3n) is 5.30. The smallest absolute Gasteiger partial charge is 0.416 e. The Morgan fingerprint density at radius 2 is 1.59 bits per heavy atom. The van der Waals surface area contributed by atoms with Gasteiger partial charge in [0, 0.05) is 16.8 Å². The molecule has 4 rings (SSSR count). The molecule has 3 aromatic carbocycles. The number of hydrogen-bond acceptors (Lipinski definition) is 5. The number of anilines is 2. The summed E-state index contributed by atoms with van der Waals surface area (Å²) in [5.74, 6) is -1.30. The lowest BCUT2D eigenvalue weighted by Gasteiger charge is -2.18. The maximum absolute atomic E-state index is 13.5. The molecule has 0 spiro atoms. The summed E-state index contributed by atoms with van der Waals surface area (Å²) >= 11 is 0. The van der Waals surface area contributed by atoms with Crippen molar-refractivity contribution < 1.29 is 36.8 Å². The van der Waals surface area contributed by atoms with Gasteiger partial charge in [-0.3, -0.25) is 14.4 Å². The van der Waals surface area contributed by atoms with Gasteiger partial charge in [-0.2, -0.15) is 13.2 Å². The molecule has 39 heavy (non-hydrogen) atoms. The Balaban J connectivity index is 1.41. The number of halogens is 3. The van der Waals surface area contributed by atoms with E-state index in [-0.39, 0.29) is 30.2 Å². The summed E-state index contributed by atoms with van der Waals surface area (Å²) in [4.78, 5) is 35.9. The fraction of sp³-hybridized carbons (Fsp3) is 0.115. The van der Waals surface area contributed by atoms with Crippen LogP contribution < -0.4 is 21.0 Å². The molecule has 0 aliphatic heterocycles. The van der Waals surface area contributed by atoms with Crippen LogP contribution in [0.2, 0.25) is 0 Å². The van der Waals surface area contributed by atoms with Crippen molar-refractivity contribution in [3.05, 3.63) is 107 Å². The highest BCUT2D eigenvalue weighted by Gasteiger charge is 2.31. The molecule has 10 nitrogen and oxygen atoms in total. The third kappa shape index (κ3) is 7.64. The molecule has 0 radical (unpaired) electrons. The number of benzene rings is 3. The quantitative estimate of drug-likeness (QED) is 0.282. The number of urea groups is 1. The van der Waals surface area contributed by atoms with Gasteiger partial charge in [-0.1, -0.05) is 42.5 Å². The van der Waals surface area contributed by atoms with E-state index in [1.165, 1.54) is 16.9 Å². The Morgan fingerprint density at radius 3 is 2.23 bits per heavy atom. The van der Waals surface area contributed by atoms with Crippen LogP contribution in [0.4, 0.5) is 35.2 Å². The molecule has 0 aliphatic carbocycles. The van der Waals surface area contributed by atoms with Gasteiger partial charge in [0.1, 0.15) is 0 Å². The lowest BCUT2D eigenvalue weighted by Crippen LogP contribution is -2.35. The number of hydrogen-bond donors (Lipinski definition) is 3. The molecule has 0 aliphatic rings. The van der Waals surface area contributed by atoms with E-state index in [4.69, 9.17) is 10.3 Å². The maximum atomic E-state index is 13.5. The summed E-state index contributed by atoms with van der Waals surface area (Å²) in [5.41, 5.74) is 5.52. The minimum Gasteiger partial charge on any atom is -0.424 e. The van der Waals surface area contributed by atoms with Gasteiger partial charge in [0.25, 0.3) is 0 Å². The van der Waals surface area contributed by atoms with Crippen LogP contribution in [0.5, 0.6) is 0 Å². The lowest BCUT2D eigenvalue weighted by atomic mass is 10.1. The van der Waals surface area contributed by atoms with E-state index in [1.807, 2.05) is 0 Å². The van der Waals surface area contributed by atoms with Crippen LogP contribution >= 0.6 is 0 Å². The first-order chi connectivity index (χ1) is 18.5. The number of nitrogens with zero attached hydrogens (tertiary/aromatic N) is 3. The summed E-state index contributed by atoms with van der Waals surface area (Å²) in [6, 6.07) is 16.7. The van der Waals surface area contributed by atoms with Gasteiger partial charge in [-0.15, -0.1) is 0 Å². The lowest BCUT2D eigenvalue weighted by molar-refractivity contribution is -0.754. The highest BCUT2D eigenvalue weighted by molar-refractivity contribution is 6.04. The number of primary amides is 1. The van der Waals surface area contributed by atoms with E-state index in [0.717, 1.165) is 17.7 Å². The largest absolute Gasteiger partial charge is 0.424 e. The fourth-order valence-corrected chi connectivity index (χ4v) is 3.53. The number of alkyl halides is 3. The monoisotopic (exact) mass is 538 g/mol. The normalized spacial score (nSPS) is 11.1. The second kappa shape index (κ2) is 11.5. The van der Waals surface area contributed by atoms with Gasteiger partial charge in [-0.05, 0) is 46.3 Å². The molecule has 200 valence electrons. The van der Waals surface area contributed by atoms with Crippen molar-refractivity contribution in [3.8, 4) is 0 Å². The van der Waals surface area contributed by atoms with Crippen molar-refractivity contribution in [1.29, 1.82) is 0 Å². The Kier molecular flexibility index (Phi) is 7.89. The van der Waals surface area contributed by atoms with Crippen molar-refractivity contribution in [1.82, 2.24) is 5.27 Å². The minimum atomic E-state index is -4.73. The molecule has 1 heterocycles. The molecule has 0 fully saturated rings. The average molecular weight is 538 g/mol. The number of nitrogens with one attached hydrogen (secondary N) is 2. The van der Waals surface area contributed by atoms with Crippen LogP contribution in [0.3, 0.4) is 0 Å². The molecule has 0 atom stereocenters. The van der Waals surface area contributed by atoms with Crippen molar-refractivity contribution in [2.24, 2.45) is 5.73 Å². The molecule has 0 saturated carbocycles. The zero-order valence-electron chi connectivity index (χ0n) is 20.1.